The third kappa shape index (κ3) is 3.43. The highest BCUT2D eigenvalue weighted by Gasteiger charge is 2.57. The quantitative estimate of drug-likeness (QED) is 0.739. The zero-order valence-electron chi connectivity index (χ0n) is 13.3. The molecule has 6 nitrogen and oxygen atoms in total. The summed E-state index contributed by atoms with van der Waals surface area (Å²) in [5.74, 6) is 0.00686. The monoisotopic (exact) mass is 309 g/mol. The van der Waals surface area contributed by atoms with Gasteiger partial charge in [0.2, 0.25) is 11.8 Å². The largest absolute Gasteiger partial charge is 0.379 e. The molecular weight excluding hydrogens is 282 g/mol. The Morgan fingerprint density at radius 3 is 2.32 bits per heavy atom. The van der Waals surface area contributed by atoms with Gasteiger partial charge in [-0.1, -0.05) is 0 Å². The molecule has 0 atom stereocenters. The van der Waals surface area contributed by atoms with Crippen LogP contribution in [0.2, 0.25) is 0 Å². The summed E-state index contributed by atoms with van der Waals surface area (Å²) < 4.78 is 5.31. The van der Waals surface area contributed by atoms with Crippen molar-refractivity contribution >= 4 is 11.8 Å². The summed E-state index contributed by atoms with van der Waals surface area (Å²) in [7, 11) is 0. The molecule has 2 heterocycles. The molecule has 1 aliphatic carbocycles. The van der Waals surface area contributed by atoms with Crippen LogP contribution < -0.4 is 5.32 Å². The first-order valence-electron chi connectivity index (χ1n) is 8.60. The van der Waals surface area contributed by atoms with Crippen molar-refractivity contribution in [2.75, 3.05) is 52.5 Å². The van der Waals surface area contributed by atoms with Crippen molar-refractivity contribution in [2.24, 2.45) is 5.41 Å². The Balaban J connectivity index is 1.45. The van der Waals surface area contributed by atoms with E-state index in [0.717, 1.165) is 58.8 Å². The Bertz CT molecular complexity index is 411. The van der Waals surface area contributed by atoms with Crippen LogP contribution in [0, 0.1) is 5.41 Å². The summed E-state index contributed by atoms with van der Waals surface area (Å²) in [5.41, 5.74) is -0.734. The van der Waals surface area contributed by atoms with Crippen molar-refractivity contribution in [3.8, 4) is 0 Å². The SMILES string of the molecule is O=C(NCCN1CCOCC1)C1(C(=O)N2CCCCC2)CC1. The zero-order valence-corrected chi connectivity index (χ0v) is 13.3. The van der Waals surface area contributed by atoms with E-state index >= 15 is 0 Å². The number of hydrogen-bond acceptors (Lipinski definition) is 4. The Morgan fingerprint density at radius 1 is 1.00 bits per heavy atom. The van der Waals surface area contributed by atoms with Crippen molar-refractivity contribution in [3.63, 3.8) is 0 Å². The molecule has 2 amide bonds. The van der Waals surface area contributed by atoms with E-state index in [4.69, 9.17) is 4.74 Å². The fourth-order valence-electron chi connectivity index (χ4n) is 3.38. The molecule has 3 fully saturated rings. The lowest BCUT2D eigenvalue weighted by atomic mass is 10.0. The number of carbonyl (C=O) groups excluding carboxylic acids is 2. The molecular formula is C16H27N3O3. The highest BCUT2D eigenvalue weighted by Crippen LogP contribution is 2.47. The van der Waals surface area contributed by atoms with Gasteiger partial charge in [-0.2, -0.15) is 0 Å². The second kappa shape index (κ2) is 6.96. The van der Waals surface area contributed by atoms with E-state index in [0.29, 0.717) is 19.4 Å². The maximum atomic E-state index is 12.6. The smallest absolute Gasteiger partial charge is 0.238 e. The predicted molar refractivity (Wildman–Crippen MR) is 82.4 cm³/mol. The van der Waals surface area contributed by atoms with Gasteiger partial charge in [-0.05, 0) is 32.1 Å². The Kier molecular flexibility index (Phi) is 4.98. The molecule has 2 saturated heterocycles. The maximum Gasteiger partial charge on any atom is 0.238 e. The molecule has 0 spiro atoms. The van der Waals surface area contributed by atoms with Gasteiger partial charge < -0.3 is 15.0 Å². The molecule has 0 aromatic rings. The minimum atomic E-state index is -0.734. The number of piperidine rings is 1. The van der Waals surface area contributed by atoms with Crippen molar-refractivity contribution < 1.29 is 14.3 Å². The average molecular weight is 309 g/mol. The number of nitrogens with one attached hydrogen (secondary N) is 1. The molecule has 0 unspecified atom stereocenters. The number of hydrogen-bond donors (Lipinski definition) is 1. The highest BCUT2D eigenvalue weighted by molar-refractivity contribution is 6.07. The summed E-state index contributed by atoms with van der Waals surface area (Å²) in [4.78, 5) is 29.3. The van der Waals surface area contributed by atoms with Gasteiger partial charge in [-0.15, -0.1) is 0 Å². The van der Waals surface area contributed by atoms with Crippen molar-refractivity contribution in [1.29, 1.82) is 0 Å². The molecule has 6 heteroatoms. The molecule has 124 valence electrons. The van der Waals surface area contributed by atoms with Gasteiger partial charge in [0.15, 0.2) is 0 Å². The minimum absolute atomic E-state index is 0.0590. The lowest BCUT2D eigenvalue weighted by Crippen LogP contribution is -2.48. The van der Waals surface area contributed by atoms with Crippen LogP contribution in [0.3, 0.4) is 0 Å². The van der Waals surface area contributed by atoms with Crippen LogP contribution in [0.25, 0.3) is 0 Å². The van der Waals surface area contributed by atoms with E-state index < -0.39 is 5.41 Å². The predicted octanol–water partition coefficient (Wildman–Crippen LogP) is 0.228. The van der Waals surface area contributed by atoms with Crippen molar-refractivity contribution in [3.05, 3.63) is 0 Å². The Hall–Kier alpha value is -1.14. The second-order valence-corrected chi connectivity index (χ2v) is 6.64. The molecule has 0 aromatic heterocycles. The number of carbonyl (C=O) groups is 2. The molecule has 0 aromatic carbocycles. The van der Waals surface area contributed by atoms with Gasteiger partial charge in [0.05, 0.1) is 13.2 Å². The zero-order chi connectivity index (χ0) is 15.4. The number of ether oxygens (including phenoxy) is 1. The summed E-state index contributed by atoms with van der Waals surface area (Å²) in [6, 6.07) is 0. The highest BCUT2D eigenvalue weighted by atomic mass is 16.5. The number of rotatable bonds is 5. The van der Waals surface area contributed by atoms with Gasteiger partial charge in [0.25, 0.3) is 0 Å². The van der Waals surface area contributed by atoms with E-state index in [2.05, 4.69) is 10.2 Å². The van der Waals surface area contributed by atoms with E-state index in [-0.39, 0.29) is 11.8 Å². The van der Waals surface area contributed by atoms with Crippen LogP contribution in [0.15, 0.2) is 0 Å². The standard InChI is InChI=1S/C16H27N3O3/c20-14(17-6-9-18-10-12-22-13-11-18)16(4-5-16)15(21)19-7-2-1-3-8-19/h1-13H2,(H,17,20). The molecule has 3 rings (SSSR count). The number of nitrogens with zero attached hydrogens (tertiary/aromatic N) is 2. The minimum Gasteiger partial charge on any atom is -0.379 e. The topological polar surface area (TPSA) is 61.9 Å². The third-order valence-corrected chi connectivity index (χ3v) is 5.05. The first-order chi connectivity index (χ1) is 10.7. The molecule has 0 radical (unpaired) electrons. The van der Waals surface area contributed by atoms with Gasteiger partial charge >= 0.3 is 0 Å². The lowest BCUT2D eigenvalue weighted by Gasteiger charge is -2.30. The van der Waals surface area contributed by atoms with Crippen molar-refractivity contribution in [1.82, 2.24) is 15.1 Å². The van der Waals surface area contributed by atoms with Crippen LogP contribution in [-0.2, 0) is 14.3 Å². The molecule has 2 aliphatic heterocycles. The van der Waals surface area contributed by atoms with Crippen LogP contribution >= 0.6 is 0 Å². The number of amides is 2. The van der Waals surface area contributed by atoms with E-state index in [1.165, 1.54) is 6.42 Å². The number of likely N-dealkylation sites (tertiary alicyclic amines) is 1. The van der Waals surface area contributed by atoms with Gasteiger partial charge in [-0.3, -0.25) is 14.5 Å². The van der Waals surface area contributed by atoms with E-state index in [9.17, 15) is 9.59 Å². The summed E-state index contributed by atoms with van der Waals surface area (Å²) in [5, 5.41) is 2.98. The Labute approximate surface area is 132 Å². The molecule has 3 aliphatic rings. The lowest BCUT2D eigenvalue weighted by molar-refractivity contribution is -0.144. The third-order valence-electron chi connectivity index (χ3n) is 5.05. The fourth-order valence-corrected chi connectivity index (χ4v) is 3.38. The summed E-state index contributed by atoms with van der Waals surface area (Å²) in [6.07, 6.45) is 4.76. The first-order valence-corrected chi connectivity index (χ1v) is 8.60. The number of morpholine rings is 1. The first kappa shape index (κ1) is 15.7. The van der Waals surface area contributed by atoms with Crippen LogP contribution in [0.5, 0.6) is 0 Å². The van der Waals surface area contributed by atoms with Gasteiger partial charge in [0, 0.05) is 39.3 Å². The molecule has 1 N–H and O–H groups in total. The van der Waals surface area contributed by atoms with E-state index in [1.54, 1.807) is 0 Å². The second-order valence-electron chi connectivity index (χ2n) is 6.64. The van der Waals surface area contributed by atoms with Gasteiger partial charge in [0.1, 0.15) is 5.41 Å². The van der Waals surface area contributed by atoms with Crippen LogP contribution in [0.4, 0.5) is 0 Å². The molecule has 1 saturated carbocycles. The van der Waals surface area contributed by atoms with Gasteiger partial charge in [-0.25, -0.2) is 0 Å². The molecule has 0 bridgehead atoms. The summed E-state index contributed by atoms with van der Waals surface area (Å²) in [6.45, 7) is 6.48. The molecule has 22 heavy (non-hydrogen) atoms. The van der Waals surface area contributed by atoms with Crippen LogP contribution in [0.1, 0.15) is 32.1 Å². The fraction of sp³-hybridized carbons (Fsp3) is 0.875. The average Bonchev–Trinajstić information content (AvgIpc) is 3.38. The normalized spacial score (nSPS) is 24.8. The van der Waals surface area contributed by atoms with Crippen LogP contribution in [-0.4, -0.2) is 74.1 Å². The van der Waals surface area contributed by atoms with E-state index in [1.807, 2.05) is 4.90 Å². The summed E-state index contributed by atoms with van der Waals surface area (Å²) >= 11 is 0. The van der Waals surface area contributed by atoms with Crippen molar-refractivity contribution in [2.45, 2.75) is 32.1 Å². The maximum absolute atomic E-state index is 12.6. The Morgan fingerprint density at radius 2 is 1.68 bits per heavy atom.